The lowest BCUT2D eigenvalue weighted by Gasteiger charge is -2.20. The van der Waals surface area contributed by atoms with Crippen molar-refractivity contribution in [1.82, 2.24) is 0 Å². The lowest BCUT2D eigenvalue weighted by Crippen LogP contribution is -2.28. The van der Waals surface area contributed by atoms with Crippen LogP contribution in [0.15, 0.2) is 0 Å². The van der Waals surface area contributed by atoms with E-state index in [1.54, 1.807) is 11.3 Å². The molecule has 1 rings (SSSR count). The molecular weight excluding hydrogens is 466 g/mol. The van der Waals surface area contributed by atoms with Crippen molar-refractivity contribution < 1.29 is 28.4 Å². The Bertz CT molecular complexity index is 611. The minimum atomic E-state index is -0.554. The topological polar surface area (TPSA) is 81.4 Å². The summed E-state index contributed by atoms with van der Waals surface area (Å²) in [4.78, 5) is 2.10. The normalized spacial score (nSPS) is 12.3. The van der Waals surface area contributed by atoms with E-state index in [9.17, 15) is 0 Å². The minimum absolute atomic E-state index is 0.109. The number of rotatable bonds is 21. The van der Waals surface area contributed by atoms with Crippen molar-refractivity contribution in [3.63, 3.8) is 0 Å². The first kappa shape index (κ1) is 32.1. The summed E-state index contributed by atoms with van der Waals surface area (Å²) in [7, 11) is 0. The van der Waals surface area contributed by atoms with E-state index >= 15 is 0 Å². The molecule has 0 spiro atoms. The summed E-state index contributed by atoms with van der Waals surface area (Å²) < 4.78 is 34.9. The molecule has 1 aromatic rings. The highest BCUT2D eigenvalue weighted by atomic mass is 32.1. The van der Waals surface area contributed by atoms with Gasteiger partial charge in [0.2, 0.25) is 0 Å². The molecule has 0 aliphatic rings. The average Bonchev–Trinajstić information content (AvgIpc) is 3.16. The predicted molar refractivity (Wildman–Crippen MR) is 144 cm³/mol. The Labute approximate surface area is 217 Å². The Balaban J connectivity index is 2.69. The van der Waals surface area contributed by atoms with Gasteiger partial charge in [0.05, 0.1) is 49.4 Å². The number of hydrogen-bond acceptors (Lipinski definition) is 8. The fourth-order valence-corrected chi connectivity index (χ4v) is 4.39. The van der Waals surface area contributed by atoms with Gasteiger partial charge in [0.1, 0.15) is 13.2 Å². The monoisotopic (exact) mass is 517 g/mol. The number of nitrogens with two attached hydrogens (primary N) is 1. The lowest BCUT2D eigenvalue weighted by molar-refractivity contribution is 0.0322. The molecular formula is C27H51NO6S. The van der Waals surface area contributed by atoms with E-state index in [1.807, 2.05) is 13.8 Å². The molecule has 0 atom stereocenters. The molecule has 2 N–H and O–H groups in total. The molecule has 35 heavy (non-hydrogen) atoms. The molecule has 0 fully saturated rings. The van der Waals surface area contributed by atoms with Gasteiger partial charge in [0, 0.05) is 24.2 Å². The fraction of sp³-hybridized carbons (Fsp3) is 0.852. The Morgan fingerprint density at radius 2 is 0.943 bits per heavy atom. The summed E-state index contributed by atoms with van der Waals surface area (Å²) >= 11 is 1.66. The van der Waals surface area contributed by atoms with Crippen molar-refractivity contribution in [2.24, 2.45) is 5.73 Å². The van der Waals surface area contributed by atoms with Crippen molar-refractivity contribution in [3.05, 3.63) is 9.75 Å². The van der Waals surface area contributed by atoms with Gasteiger partial charge < -0.3 is 34.2 Å². The zero-order valence-corrected chi connectivity index (χ0v) is 24.2. The molecule has 0 saturated heterocycles. The molecule has 0 saturated carbocycles. The molecule has 0 radical (unpaired) electrons. The lowest BCUT2D eigenvalue weighted by atomic mass is 9.93. The quantitative estimate of drug-likeness (QED) is 0.211. The van der Waals surface area contributed by atoms with Crippen LogP contribution in [0.5, 0.6) is 11.5 Å². The number of hydrogen-bond donors (Lipinski definition) is 1. The Kier molecular flexibility index (Phi) is 16.1. The van der Waals surface area contributed by atoms with Crippen molar-refractivity contribution in [2.45, 2.75) is 85.1 Å². The Morgan fingerprint density at radius 3 is 1.31 bits per heavy atom. The maximum atomic E-state index is 6.53. The van der Waals surface area contributed by atoms with Crippen LogP contribution in [-0.2, 0) is 29.9 Å². The first-order valence-corrected chi connectivity index (χ1v) is 14.0. The number of ether oxygens (including phenoxy) is 6. The molecule has 0 bridgehead atoms. The Morgan fingerprint density at radius 1 is 0.571 bits per heavy atom. The van der Waals surface area contributed by atoms with E-state index in [0.29, 0.717) is 52.9 Å². The highest BCUT2D eigenvalue weighted by Crippen LogP contribution is 2.50. The van der Waals surface area contributed by atoms with E-state index in [2.05, 4.69) is 34.6 Å². The van der Waals surface area contributed by atoms with Crippen LogP contribution in [0.2, 0.25) is 0 Å². The molecule has 1 heterocycles. The van der Waals surface area contributed by atoms with Crippen molar-refractivity contribution >= 4 is 11.3 Å². The van der Waals surface area contributed by atoms with E-state index in [0.717, 1.165) is 60.2 Å². The van der Waals surface area contributed by atoms with Gasteiger partial charge in [-0.05, 0) is 26.7 Å². The third-order valence-corrected chi connectivity index (χ3v) is 6.98. The molecule has 0 amide bonds. The molecule has 0 aromatic carbocycles. The van der Waals surface area contributed by atoms with Crippen LogP contribution in [0, 0.1) is 0 Å². The van der Waals surface area contributed by atoms with E-state index in [1.165, 1.54) is 0 Å². The molecule has 7 nitrogen and oxygen atoms in total. The van der Waals surface area contributed by atoms with Gasteiger partial charge in [0.15, 0.2) is 11.5 Å². The third-order valence-electron chi connectivity index (χ3n) is 5.07. The van der Waals surface area contributed by atoms with E-state index in [4.69, 9.17) is 34.2 Å². The molecule has 8 heteroatoms. The molecule has 206 valence electrons. The molecule has 0 aliphatic heterocycles. The minimum Gasteiger partial charge on any atom is -0.486 e. The van der Waals surface area contributed by atoms with Crippen LogP contribution >= 0.6 is 11.3 Å². The van der Waals surface area contributed by atoms with Gasteiger partial charge in [-0.1, -0.05) is 47.5 Å². The van der Waals surface area contributed by atoms with Crippen LogP contribution in [0.3, 0.4) is 0 Å². The summed E-state index contributed by atoms with van der Waals surface area (Å²) in [6.45, 7) is 20.5. The highest BCUT2D eigenvalue weighted by Gasteiger charge is 2.33. The maximum absolute atomic E-state index is 6.53. The second kappa shape index (κ2) is 17.5. The van der Waals surface area contributed by atoms with E-state index in [-0.39, 0.29) is 5.41 Å². The number of unbranched alkanes of at least 4 members (excludes halogenated alkanes) is 2. The molecule has 1 aromatic heterocycles. The van der Waals surface area contributed by atoms with Crippen molar-refractivity contribution in [1.29, 1.82) is 0 Å². The van der Waals surface area contributed by atoms with Gasteiger partial charge >= 0.3 is 0 Å². The Hall–Kier alpha value is -0.900. The number of thiophene rings is 1. The molecule has 0 unspecified atom stereocenters. The van der Waals surface area contributed by atoms with Crippen molar-refractivity contribution in [3.8, 4) is 11.5 Å². The third kappa shape index (κ3) is 13.3. The largest absolute Gasteiger partial charge is 0.486 e. The van der Waals surface area contributed by atoms with Gasteiger partial charge in [-0.25, -0.2) is 0 Å². The molecule has 0 aliphatic carbocycles. The first-order valence-electron chi connectivity index (χ1n) is 13.2. The van der Waals surface area contributed by atoms with Crippen LogP contribution in [0.4, 0.5) is 0 Å². The van der Waals surface area contributed by atoms with E-state index < -0.39 is 5.54 Å². The van der Waals surface area contributed by atoms with Gasteiger partial charge in [-0.15, -0.1) is 11.3 Å². The average molecular weight is 518 g/mol. The smallest absolute Gasteiger partial charge is 0.177 e. The van der Waals surface area contributed by atoms with Gasteiger partial charge in [-0.2, -0.15) is 0 Å². The maximum Gasteiger partial charge on any atom is 0.177 e. The van der Waals surface area contributed by atoms with Crippen LogP contribution in [0.1, 0.15) is 83.9 Å². The summed E-state index contributed by atoms with van der Waals surface area (Å²) in [5.41, 5.74) is 5.86. The highest BCUT2D eigenvalue weighted by molar-refractivity contribution is 7.13. The second-order valence-corrected chi connectivity index (χ2v) is 11.3. The van der Waals surface area contributed by atoms with Crippen LogP contribution in [-0.4, -0.2) is 66.1 Å². The first-order chi connectivity index (χ1) is 16.6. The zero-order valence-electron chi connectivity index (χ0n) is 23.3. The summed E-state index contributed by atoms with van der Waals surface area (Å²) in [6.07, 6.45) is 4.43. The summed E-state index contributed by atoms with van der Waals surface area (Å²) in [5, 5.41) is 0. The van der Waals surface area contributed by atoms with Crippen molar-refractivity contribution in [2.75, 3.05) is 66.1 Å². The summed E-state index contributed by atoms with van der Waals surface area (Å²) in [5.74, 6) is 1.49. The standard InChI is InChI=1S/C27H51NO6S/c1-8-10-12-29-14-16-31-18-20-33-22-23(34-21-19-32-17-15-30-13-11-9-2)25(27(6,7)28)35-24(22)26(3,4)5/h8-21,28H2,1-7H3. The van der Waals surface area contributed by atoms with Crippen LogP contribution in [0.25, 0.3) is 0 Å². The SMILES string of the molecule is CCCCOCCOCCOc1c(C(C)(C)C)sc(C(C)(C)N)c1OCCOCCOCCCC. The van der Waals surface area contributed by atoms with Gasteiger partial charge in [-0.3, -0.25) is 0 Å². The fourth-order valence-electron chi connectivity index (χ4n) is 3.12. The zero-order chi connectivity index (χ0) is 26.2. The predicted octanol–water partition coefficient (Wildman–Crippen LogP) is 5.66. The summed E-state index contributed by atoms with van der Waals surface area (Å²) in [6, 6.07) is 0. The van der Waals surface area contributed by atoms with Crippen LogP contribution < -0.4 is 15.2 Å². The second-order valence-electron chi connectivity index (χ2n) is 10.2. The van der Waals surface area contributed by atoms with Gasteiger partial charge in [0.25, 0.3) is 0 Å².